The molecule has 2 heteroatoms. The van der Waals surface area contributed by atoms with Crippen LogP contribution in [0.4, 0.5) is 0 Å². The normalized spacial score (nSPS) is 13.0. The van der Waals surface area contributed by atoms with Crippen LogP contribution in [0.25, 0.3) is 0 Å². The fourth-order valence-electron chi connectivity index (χ4n) is 0.466. The molecule has 0 aromatic heterocycles. The summed E-state index contributed by atoms with van der Waals surface area (Å²) in [6, 6.07) is -0.298. The SMILES string of the molecule is [2H]C(=CCCCC)C(=O)O. The number of allylic oxidation sites excluding steroid dienone is 1. The number of carboxylic acid groups (broad SMARTS) is 1. The Labute approximate surface area is 56.6 Å². The van der Waals surface area contributed by atoms with Gasteiger partial charge in [-0.2, -0.15) is 0 Å². The molecular weight excluding hydrogens is 116 g/mol. The van der Waals surface area contributed by atoms with Crippen molar-refractivity contribution in [2.24, 2.45) is 0 Å². The molecule has 1 N–H and O–H groups in total. The molecule has 0 aliphatic carbocycles. The smallest absolute Gasteiger partial charge is 0.327 e. The van der Waals surface area contributed by atoms with E-state index < -0.39 is 5.97 Å². The maximum absolute atomic E-state index is 10.0. The average molecular weight is 129 g/mol. The fraction of sp³-hybridized carbons (Fsp3) is 0.571. The molecule has 0 radical (unpaired) electrons. The number of hydrogen-bond donors (Lipinski definition) is 1. The predicted octanol–water partition coefficient (Wildman–Crippen LogP) is 1.82. The quantitative estimate of drug-likeness (QED) is 0.464. The second-order valence-electron chi connectivity index (χ2n) is 1.80. The Hall–Kier alpha value is -0.790. The van der Waals surface area contributed by atoms with E-state index in [0.717, 1.165) is 12.8 Å². The van der Waals surface area contributed by atoms with Crippen molar-refractivity contribution in [2.45, 2.75) is 26.2 Å². The molecule has 0 aliphatic heterocycles. The standard InChI is InChI=1S/C7H12O2/c1-2-3-4-5-6-7(8)9/h5-6H,2-4H2,1H3,(H,8,9)/i6D. The highest BCUT2D eigenvalue weighted by molar-refractivity contribution is 5.79. The van der Waals surface area contributed by atoms with Crippen molar-refractivity contribution >= 4 is 5.97 Å². The number of aliphatic carboxylic acids is 1. The minimum atomic E-state index is -1.14. The number of unbranched alkanes of at least 4 members (excludes halogenated alkanes) is 2. The zero-order valence-corrected chi connectivity index (χ0v) is 5.55. The maximum Gasteiger partial charge on any atom is 0.327 e. The lowest BCUT2D eigenvalue weighted by Crippen LogP contribution is -1.85. The summed E-state index contributed by atoms with van der Waals surface area (Å²) in [6.45, 7) is 2.03. The van der Waals surface area contributed by atoms with Crippen LogP contribution < -0.4 is 0 Å². The molecule has 0 saturated heterocycles. The zero-order valence-electron chi connectivity index (χ0n) is 6.55. The summed E-state index contributed by atoms with van der Waals surface area (Å²) in [4.78, 5) is 10.0. The van der Waals surface area contributed by atoms with Gasteiger partial charge in [0.2, 0.25) is 0 Å². The first-order valence-electron chi connectivity index (χ1n) is 3.58. The first-order valence-corrected chi connectivity index (χ1v) is 3.08. The maximum atomic E-state index is 10.0. The van der Waals surface area contributed by atoms with Gasteiger partial charge in [0.25, 0.3) is 0 Å². The van der Waals surface area contributed by atoms with E-state index in [1.807, 2.05) is 6.92 Å². The number of rotatable bonds is 4. The van der Waals surface area contributed by atoms with Gasteiger partial charge in [-0.3, -0.25) is 0 Å². The average Bonchev–Trinajstić information content (AvgIpc) is 1.88. The van der Waals surface area contributed by atoms with Crippen molar-refractivity contribution in [3.8, 4) is 0 Å². The lowest BCUT2D eigenvalue weighted by molar-refractivity contribution is -0.131. The Balaban J connectivity index is 3.58. The summed E-state index contributed by atoms with van der Waals surface area (Å²) in [5.74, 6) is -1.14. The van der Waals surface area contributed by atoms with E-state index in [1.54, 1.807) is 0 Å². The van der Waals surface area contributed by atoms with Gasteiger partial charge in [-0.25, -0.2) is 4.79 Å². The molecule has 0 unspecified atom stereocenters. The van der Waals surface area contributed by atoms with Gasteiger partial charge in [0, 0.05) is 6.05 Å². The predicted molar refractivity (Wildman–Crippen MR) is 36.3 cm³/mol. The van der Waals surface area contributed by atoms with Crippen molar-refractivity contribution < 1.29 is 11.3 Å². The molecule has 0 bridgehead atoms. The summed E-state index contributed by atoms with van der Waals surface area (Å²) in [6.07, 6.45) is 4.12. The van der Waals surface area contributed by atoms with Crippen molar-refractivity contribution in [3.05, 3.63) is 12.1 Å². The third-order valence-electron chi connectivity index (χ3n) is 0.928. The second-order valence-corrected chi connectivity index (χ2v) is 1.80. The molecule has 52 valence electrons. The van der Waals surface area contributed by atoms with Crippen LogP contribution in [0, 0.1) is 0 Å². The van der Waals surface area contributed by atoms with Crippen LogP contribution in [0.2, 0.25) is 0 Å². The molecule has 0 aromatic rings. The number of carbonyl (C=O) groups is 1. The lowest BCUT2D eigenvalue weighted by Gasteiger charge is -1.85. The van der Waals surface area contributed by atoms with Crippen LogP contribution >= 0.6 is 0 Å². The van der Waals surface area contributed by atoms with Crippen molar-refractivity contribution in [1.82, 2.24) is 0 Å². The Morgan fingerprint density at radius 3 is 3.00 bits per heavy atom. The molecule has 0 spiro atoms. The van der Waals surface area contributed by atoms with Crippen LogP contribution in [0.5, 0.6) is 0 Å². The number of carboxylic acids is 1. The van der Waals surface area contributed by atoms with Gasteiger partial charge in [0.15, 0.2) is 0 Å². The molecule has 0 rings (SSSR count). The summed E-state index contributed by atoms with van der Waals surface area (Å²) in [5, 5.41) is 8.23. The molecule has 0 aliphatic rings. The van der Waals surface area contributed by atoms with Crippen molar-refractivity contribution in [3.63, 3.8) is 0 Å². The van der Waals surface area contributed by atoms with Crippen molar-refractivity contribution in [2.75, 3.05) is 0 Å². The monoisotopic (exact) mass is 129 g/mol. The Kier molecular flexibility index (Phi) is 3.76. The third-order valence-corrected chi connectivity index (χ3v) is 0.928. The first kappa shape index (κ1) is 6.33. The van der Waals surface area contributed by atoms with Gasteiger partial charge < -0.3 is 5.11 Å². The van der Waals surface area contributed by atoms with Gasteiger partial charge >= 0.3 is 5.97 Å². The third kappa shape index (κ3) is 7.21. The van der Waals surface area contributed by atoms with Crippen LogP contribution in [-0.2, 0) is 4.79 Å². The molecule has 0 saturated carbocycles. The summed E-state index contributed by atoms with van der Waals surface area (Å²) < 4.78 is 6.87. The Bertz CT molecular complexity index is 141. The van der Waals surface area contributed by atoms with Gasteiger partial charge in [-0.1, -0.05) is 25.8 Å². The minimum Gasteiger partial charge on any atom is -0.478 e. The van der Waals surface area contributed by atoms with E-state index >= 15 is 0 Å². The van der Waals surface area contributed by atoms with Crippen LogP contribution in [0.3, 0.4) is 0 Å². The van der Waals surface area contributed by atoms with Crippen molar-refractivity contribution in [1.29, 1.82) is 0 Å². The Morgan fingerprint density at radius 2 is 2.56 bits per heavy atom. The Morgan fingerprint density at radius 1 is 1.89 bits per heavy atom. The van der Waals surface area contributed by atoms with Crippen LogP contribution in [0.1, 0.15) is 27.6 Å². The van der Waals surface area contributed by atoms with Gasteiger partial charge in [-0.15, -0.1) is 0 Å². The summed E-state index contributed by atoms with van der Waals surface area (Å²) >= 11 is 0. The van der Waals surface area contributed by atoms with Gasteiger partial charge in [0.05, 0.1) is 1.37 Å². The molecule has 0 atom stereocenters. The largest absolute Gasteiger partial charge is 0.478 e. The van der Waals surface area contributed by atoms with E-state index in [0.29, 0.717) is 6.42 Å². The van der Waals surface area contributed by atoms with E-state index in [4.69, 9.17) is 6.48 Å². The highest BCUT2D eigenvalue weighted by Gasteiger charge is 1.83. The molecule has 2 nitrogen and oxygen atoms in total. The lowest BCUT2D eigenvalue weighted by atomic mass is 10.2. The second kappa shape index (κ2) is 5.35. The molecule has 0 fully saturated rings. The molecule has 0 amide bonds. The molecular formula is C7H12O2. The zero-order chi connectivity index (χ0) is 7.98. The molecule has 9 heavy (non-hydrogen) atoms. The van der Waals surface area contributed by atoms with Crippen LogP contribution in [0.15, 0.2) is 12.1 Å². The molecule has 0 aromatic carbocycles. The van der Waals surface area contributed by atoms with E-state index in [1.165, 1.54) is 6.08 Å². The number of hydrogen-bond acceptors (Lipinski definition) is 1. The van der Waals surface area contributed by atoms with Crippen LogP contribution in [-0.4, -0.2) is 11.1 Å². The van der Waals surface area contributed by atoms with E-state index in [2.05, 4.69) is 0 Å². The molecule has 0 heterocycles. The topological polar surface area (TPSA) is 37.3 Å². The van der Waals surface area contributed by atoms with E-state index in [-0.39, 0.29) is 6.05 Å². The van der Waals surface area contributed by atoms with Gasteiger partial charge in [0.1, 0.15) is 0 Å². The highest BCUT2D eigenvalue weighted by Crippen LogP contribution is 1.93. The summed E-state index contributed by atoms with van der Waals surface area (Å²) in [5.41, 5.74) is 0. The van der Waals surface area contributed by atoms with Gasteiger partial charge in [-0.05, 0) is 6.42 Å². The fourth-order valence-corrected chi connectivity index (χ4v) is 0.466. The minimum absolute atomic E-state index is 0.298. The first-order chi connectivity index (χ1) is 4.68. The summed E-state index contributed by atoms with van der Waals surface area (Å²) in [7, 11) is 0. The van der Waals surface area contributed by atoms with E-state index in [9.17, 15) is 4.79 Å². The highest BCUT2D eigenvalue weighted by atomic mass is 16.4.